The fraction of sp³-hybridized carbons (Fsp3) is 0.294. The molecule has 27 heavy (non-hydrogen) atoms. The van der Waals surface area contributed by atoms with Gasteiger partial charge in [-0.1, -0.05) is 12.1 Å². The van der Waals surface area contributed by atoms with E-state index in [1.165, 1.54) is 57.0 Å². The molecular weight excluding hydrogens is 377 g/mol. The van der Waals surface area contributed by atoms with E-state index < -0.39 is 33.8 Å². The van der Waals surface area contributed by atoms with Crippen LogP contribution in [0.25, 0.3) is 0 Å². The van der Waals surface area contributed by atoms with E-state index in [1.807, 2.05) is 0 Å². The van der Waals surface area contributed by atoms with E-state index in [1.54, 1.807) is 0 Å². The summed E-state index contributed by atoms with van der Waals surface area (Å²) in [4.78, 5) is 24.0. The van der Waals surface area contributed by atoms with Crippen LogP contribution < -0.4 is 5.32 Å². The molecule has 0 bridgehead atoms. The Morgan fingerprint density at radius 3 is 2.41 bits per heavy atom. The van der Waals surface area contributed by atoms with Crippen molar-refractivity contribution in [2.45, 2.75) is 17.9 Å². The van der Waals surface area contributed by atoms with Crippen molar-refractivity contribution in [1.82, 2.24) is 14.2 Å². The number of rotatable bonds is 6. The lowest BCUT2D eigenvalue weighted by Crippen LogP contribution is -2.34. The van der Waals surface area contributed by atoms with Crippen LogP contribution in [0, 0.1) is 12.7 Å². The van der Waals surface area contributed by atoms with Crippen molar-refractivity contribution in [1.29, 1.82) is 0 Å². The maximum absolute atomic E-state index is 13.4. The number of aromatic nitrogens is 1. The molecule has 0 saturated carbocycles. The quantitative estimate of drug-likeness (QED) is 0.763. The Bertz CT molecular complexity index is 998. The molecule has 0 aliphatic heterocycles. The SMILES string of the molecule is Cc1cc(C(NC(=O)c2cc(S(=O)(=O)N(C)C)cn2C)C(=O)O)ccc1F. The molecule has 8 nitrogen and oxygen atoms in total. The highest BCUT2D eigenvalue weighted by Gasteiger charge is 2.27. The molecular formula is C17H20FN3O5S. The number of amides is 1. The number of nitrogens with zero attached hydrogens (tertiary/aromatic N) is 2. The molecule has 0 spiro atoms. The zero-order valence-corrected chi connectivity index (χ0v) is 16.0. The molecule has 0 fully saturated rings. The van der Waals surface area contributed by atoms with Crippen molar-refractivity contribution < 1.29 is 27.5 Å². The van der Waals surface area contributed by atoms with Gasteiger partial charge in [-0.3, -0.25) is 4.79 Å². The first-order valence-electron chi connectivity index (χ1n) is 7.83. The van der Waals surface area contributed by atoms with E-state index >= 15 is 0 Å². The van der Waals surface area contributed by atoms with Crippen molar-refractivity contribution in [3.63, 3.8) is 0 Å². The first-order chi connectivity index (χ1) is 12.4. The van der Waals surface area contributed by atoms with Gasteiger partial charge in [0.25, 0.3) is 5.91 Å². The van der Waals surface area contributed by atoms with Gasteiger partial charge in [0.2, 0.25) is 10.0 Å². The second kappa shape index (κ2) is 7.49. The highest BCUT2D eigenvalue weighted by atomic mass is 32.2. The Labute approximate surface area is 156 Å². The summed E-state index contributed by atoms with van der Waals surface area (Å²) >= 11 is 0. The number of carboxylic acids is 1. The molecule has 1 aromatic heterocycles. The van der Waals surface area contributed by atoms with Crippen molar-refractivity contribution in [3.05, 3.63) is 53.1 Å². The molecule has 2 N–H and O–H groups in total. The van der Waals surface area contributed by atoms with Crippen LogP contribution in [-0.4, -0.2) is 48.4 Å². The van der Waals surface area contributed by atoms with E-state index in [2.05, 4.69) is 5.32 Å². The number of aliphatic carboxylic acids is 1. The normalized spacial score (nSPS) is 12.8. The third kappa shape index (κ3) is 4.17. The number of carboxylic acid groups (broad SMARTS) is 1. The van der Waals surface area contributed by atoms with Gasteiger partial charge >= 0.3 is 5.97 Å². The predicted octanol–water partition coefficient (Wildman–Crippen LogP) is 1.28. The van der Waals surface area contributed by atoms with Crippen LogP contribution >= 0.6 is 0 Å². The molecule has 1 unspecified atom stereocenters. The van der Waals surface area contributed by atoms with Gasteiger partial charge in [-0.25, -0.2) is 21.9 Å². The first kappa shape index (κ1) is 20.6. The van der Waals surface area contributed by atoms with Gasteiger partial charge in [0.05, 0.1) is 0 Å². The Hall–Kier alpha value is -2.72. The summed E-state index contributed by atoms with van der Waals surface area (Å²) < 4.78 is 40.1. The molecule has 0 aliphatic rings. The average Bonchev–Trinajstić information content (AvgIpc) is 2.97. The second-order valence-electron chi connectivity index (χ2n) is 6.21. The molecule has 0 aliphatic carbocycles. The molecule has 1 aromatic carbocycles. The van der Waals surface area contributed by atoms with Gasteiger partial charge < -0.3 is 15.0 Å². The summed E-state index contributed by atoms with van der Waals surface area (Å²) in [6.45, 7) is 1.48. The van der Waals surface area contributed by atoms with Crippen LogP contribution in [0.5, 0.6) is 0 Å². The van der Waals surface area contributed by atoms with Gasteiger partial charge in [0.15, 0.2) is 6.04 Å². The third-order valence-corrected chi connectivity index (χ3v) is 5.81. The number of nitrogens with one attached hydrogen (secondary N) is 1. The maximum atomic E-state index is 13.4. The van der Waals surface area contributed by atoms with Crippen LogP contribution in [0.3, 0.4) is 0 Å². The summed E-state index contributed by atoms with van der Waals surface area (Å²) in [7, 11) is 0.450. The van der Waals surface area contributed by atoms with Gasteiger partial charge in [-0.15, -0.1) is 0 Å². The minimum Gasteiger partial charge on any atom is -0.479 e. The van der Waals surface area contributed by atoms with Crippen LogP contribution in [0.2, 0.25) is 0 Å². The number of hydrogen-bond donors (Lipinski definition) is 2. The average molecular weight is 397 g/mol. The summed E-state index contributed by atoms with van der Waals surface area (Å²) in [5.74, 6) is -2.59. The zero-order valence-electron chi connectivity index (χ0n) is 15.2. The molecule has 2 aromatic rings. The summed E-state index contributed by atoms with van der Waals surface area (Å²) in [5, 5.41) is 11.8. The minimum atomic E-state index is -3.74. The number of benzene rings is 1. The molecule has 1 atom stereocenters. The first-order valence-corrected chi connectivity index (χ1v) is 9.27. The van der Waals surface area contributed by atoms with Crippen LogP contribution in [0.1, 0.15) is 27.7 Å². The molecule has 1 heterocycles. The number of aryl methyl sites for hydroxylation is 2. The van der Waals surface area contributed by atoms with Gasteiger partial charge in [0, 0.05) is 27.3 Å². The lowest BCUT2D eigenvalue weighted by Gasteiger charge is -2.16. The standard InChI is InChI=1S/C17H20FN3O5S/c1-10-7-11(5-6-13(10)18)15(17(23)24)19-16(22)14-8-12(9-21(14)4)27(25,26)20(2)3/h5-9,15H,1-4H3,(H,19,22)(H,23,24). The molecule has 146 valence electrons. The number of carbonyl (C=O) groups excluding carboxylic acids is 1. The summed E-state index contributed by atoms with van der Waals surface area (Å²) in [6.07, 6.45) is 1.27. The van der Waals surface area contributed by atoms with E-state index in [-0.39, 0.29) is 21.7 Å². The molecule has 0 radical (unpaired) electrons. The predicted molar refractivity (Wildman–Crippen MR) is 95.3 cm³/mol. The van der Waals surface area contributed by atoms with E-state index in [0.717, 1.165) is 10.4 Å². The Kier molecular flexibility index (Phi) is 5.71. The van der Waals surface area contributed by atoms with E-state index in [0.29, 0.717) is 0 Å². The molecule has 2 rings (SSSR count). The number of carbonyl (C=O) groups is 2. The lowest BCUT2D eigenvalue weighted by molar-refractivity contribution is -0.139. The van der Waals surface area contributed by atoms with Crippen molar-refractivity contribution in [2.24, 2.45) is 7.05 Å². The monoisotopic (exact) mass is 397 g/mol. The Morgan fingerprint density at radius 1 is 1.26 bits per heavy atom. The lowest BCUT2D eigenvalue weighted by atomic mass is 10.0. The van der Waals surface area contributed by atoms with E-state index in [4.69, 9.17) is 0 Å². The number of hydrogen-bond acceptors (Lipinski definition) is 4. The van der Waals surface area contributed by atoms with Crippen molar-refractivity contribution >= 4 is 21.9 Å². The van der Waals surface area contributed by atoms with Crippen LogP contribution in [0.15, 0.2) is 35.4 Å². The number of sulfonamides is 1. The zero-order chi connectivity index (χ0) is 20.5. The van der Waals surface area contributed by atoms with Crippen molar-refractivity contribution in [2.75, 3.05) is 14.1 Å². The molecule has 10 heteroatoms. The maximum Gasteiger partial charge on any atom is 0.330 e. The van der Waals surface area contributed by atoms with Crippen molar-refractivity contribution in [3.8, 4) is 0 Å². The van der Waals surface area contributed by atoms with E-state index in [9.17, 15) is 27.5 Å². The summed E-state index contributed by atoms with van der Waals surface area (Å²) in [6, 6.07) is 3.48. The Morgan fingerprint density at radius 2 is 1.89 bits per heavy atom. The molecule has 0 saturated heterocycles. The smallest absolute Gasteiger partial charge is 0.330 e. The molecule has 1 amide bonds. The van der Waals surface area contributed by atoms with Crippen LogP contribution in [0.4, 0.5) is 4.39 Å². The third-order valence-electron chi connectivity index (χ3n) is 4.03. The highest BCUT2D eigenvalue weighted by Crippen LogP contribution is 2.20. The van der Waals surface area contributed by atoms with Gasteiger partial charge in [0.1, 0.15) is 16.4 Å². The fourth-order valence-electron chi connectivity index (χ4n) is 2.45. The topological polar surface area (TPSA) is 109 Å². The highest BCUT2D eigenvalue weighted by molar-refractivity contribution is 7.89. The minimum absolute atomic E-state index is 0.0273. The second-order valence-corrected chi connectivity index (χ2v) is 8.36. The summed E-state index contributed by atoms with van der Waals surface area (Å²) in [5.41, 5.74) is 0.414. The fourth-order valence-corrected chi connectivity index (χ4v) is 3.43. The van der Waals surface area contributed by atoms with Gasteiger partial charge in [-0.2, -0.15) is 0 Å². The number of halogens is 1. The van der Waals surface area contributed by atoms with Crippen LogP contribution in [-0.2, 0) is 21.9 Å². The van der Waals surface area contributed by atoms with Gasteiger partial charge in [-0.05, 0) is 30.2 Å². The Balaban J connectivity index is 2.35. The largest absolute Gasteiger partial charge is 0.479 e.